The van der Waals surface area contributed by atoms with E-state index in [0.29, 0.717) is 10.7 Å². The molecule has 4 rings (SSSR count). The van der Waals surface area contributed by atoms with Crippen molar-refractivity contribution in [3.05, 3.63) is 75.5 Å². The van der Waals surface area contributed by atoms with Gasteiger partial charge in [-0.3, -0.25) is 4.79 Å². The van der Waals surface area contributed by atoms with E-state index in [1.807, 2.05) is 67.8 Å². The summed E-state index contributed by atoms with van der Waals surface area (Å²) in [5.41, 5.74) is 3.58. The Kier molecular flexibility index (Phi) is 5.42. The topological polar surface area (TPSA) is 54.8 Å². The molecule has 0 saturated carbocycles. The van der Waals surface area contributed by atoms with Crippen LogP contribution in [0.2, 0.25) is 0 Å². The zero-order valence-electron chi connectivity index (χ0n) is 16.2. The molecule has 29 heavy (non-hydrogen) atoms. The third kappa shape index (κ3) is 4.06. The van der Waals surface area contributed by atoms with Crippen molar-refractivity contribution in [2.75, 3.05) is 12.1 Å². The van der Waals surface area contributed by atoms with Gasteiger partial charge < -0.3 is 4.74 Å². The number of thiazole rings is 1. The van der Waals surface area contributed by atoms with E-state index in [4.69, 9.17) is 4.74 Å². The predicted octanol–water partition coefficient (Wildman–Crippen LogP) is 5.66. The second-order valence-corrected chi connectivity index (χ2v) is 8.49. The summed E-state index contributed by atoms with van der Waals surface area (Å²) in [6, 6.07) is 15.2. The van der Waals surface area contributed by atoms with Crippen LogP contribution in [-0.2, 0) is 0 Å². The van der Waals surface area contributed by atoms with Crippen molar-refractivity contribution in [2.45, 2.75) is 13.8 Å². The van der Waals surface area contributed by atoms with Gasteiger partial charge in [0, 0.05) is 10.4 Å². The summed E-state index contributed by atoms with van der Waals surface area (Å²) in [7, 11) is 1.63. The Morgan fingerprint density at radius 2 is 2.00 bits per heavy atom. The quantitative estimate of drug-likeness (QED) is 0.308. The lowest BCUT2D eigenvalue weighted by atomic mass is 10.1. The number of ether oxygens (including phenoxy) is 1. The number of nitrogens with zero attached hydrogens (tertiary/aromatic N) is 3. The average molecular weight is 422 g/mol. The van der Waals surface area contributed by atoms with Gasteiger partial charge in [0.05, 0.1) is 23.5 Å². The first-order chi connectivity index (χ1) is 14.0. The third-order valence-corrected chi connectivity index (χ3v) is 6.36. The molecule has 0 spiro atoms. The van der Waals surface area contributed by atoms with E-state index < -0.39 is 0 Å². The number of aryl methyl sites for hydroxylation is 2. The number of methoxy groups -OCH3 is 1. The Morgan fingerprint density at radius 1 is 1.14 bits per heavy atom. The van der Waals surface area contributed by atoms with Crippen LogP contribution in [0.1, 0.15) is 26.4 Å². The maximum atomic E-state index is 13.3. The number of fused-ring (bicyclic) bond motifs is 1. The van der Waals surface area contributed by atoms with Crippen LogP contribution in [0.15, 0.2) is 59.0 Å². The molecule has 0 unspecified atom stereocenters. The minimum atomic E-state index is -0.216. The Balaban J connectivity index is 1.77. The zero-order chi connectivity index (χ0) is 20.4. The Labute approximate surface area is 176 Å². The second-order valence-electron chi connectivity index (χ2n) is 6.51. The highest BCUT2D eigenvalue weighted by molar-refractivity contribution is 7.22. The van der Waals surface area contributed by atoms with Crippen LogP contribution in [0, 0.1) is 13.8 Å². The molecule has 0 radical (unpaired) electrons. The van der Waals surface area contributed by atoms with Gasteiger partial charge in [0.1, 0.15) is 5.75 Å². The van der Waals surface area contributed by atoms with Crippen molar-refractivity contribution in [3.63, 3.8) is 0 Å². The van der Waals surface area contributed by atoms with Gasteiger partial charge in [0.15, 0.2) is 0 Å². The molecule has 0 saturated heterocycles. The van der Waals surface area contributed by atoms with Crippen molar-refractivity contribution in [1.82, 2.24) is 4.98 Å². The van der Waals surface area contributed by atoms with Crippen molar-refractivity contribution in [1.29, 1.82) is 0 Å². The van der Waals surface area contributed by atoms with E-state index >= 15 is 0 Å². The fraction of sp³-hybridized carbons (Fsp3) is 0.136. The Bertz CT molecular complexity index is 1200. The Hall–Kier alpha value is -3.03. The van der Waals surface area contributed by atoms with Crippen LogP contribution < -0.4 is 9.75 Å². The van der Waals surface area contributed by atoms with E-state index in [0.717, 1.165) is 32.0 Å². The summed E-state index contributed by atoms with van der Waals surface area (Å²) in [6.45, 7) is 4.02. The smallest absolute Gasteiger partial charge is 0.280 e. The molecule has 7 heteroatoms. The number of hydrazone groups is 1. The average Bonchev–Trinajstić information content (AvgIpc) is 3.39. The molecule has 0 bridgehead atoms. The number of hydrogen-bond acceptors (Lipinski definition) is 6. The molecule has 0 aliphatic rings. The van der Waals surface area contributed by atoms with Crippen molar-refractivity contribution in [3.8, 4) is 5.75 Å². The van der Waals surface area contributed by atoms with Crippen LogP contribution in [0.3, 0.4) is 0 Å². The molecular weight excluding hydrogens is 402 g/mol. The monoisotopic (exact) mass is 421 g/mol. The lowest BCUT2D eigenvalue weighted by Crippen LogP contribution is -2.25. The predicted molar refractivity (Wildman–Crippen MR) is 121 cm³/mol. The minimum absolute atomic E-state index is 0.216. The number of amides is 1. The van der Waals surface area contributed by atoms with E-state index in [1.54, 1.807) is 24.7 Å². The van der Waals surface area contributed by atoms with Crippen molar-refractivity contribution < 1.29 is 9.53 Å². The summed E-state index contributed by atoms with van der Waals surface area (Å²) in [5, 5.41) is 8.36. The first kappa shape index (κ1) is 19.3. The molecule has 2 aromatic heterocycles. The molecule has 146 valence electrons. The van der Waals surface area contributed by atoms with Gasteiger partial charge in [-0.2, -0.15) is 10.1 Å². The summed E-state index contributed by atoms with van der Waals surface area (Å²) >= 11 is 2.97. The van der Waals surface area contributed by atoms with Crippen molar-refractivity contribution >= 4 is 50.1 Å². The van der Waals surface area contributed by atoms with Gasteiger partial charge in [0.25, 0.3) is 5.91 Å². The number of rotatable bonds is 5. The van der Waals surface area contributed by atoms with Gasteiger partial charge in [-0.05, 0) is 66.8 Å². The number of aromatic nitrogens is 1. The molecule has 0 fully saturated rings. The van der Waals surface area contributed by atoms with Crippen LogP contribution >= 0.6 is 22.7 Å². The van der Waals surface area contributed by atoms with Gasteiger partial charge in [-0.1, -0.05) is 23.5 Å². The summed E-state index contributed by atoms with van der Waals surface area (Å²) < 4.78 is 6.23. The van der Waals surface area contributed by atoms with Gasteiger partial charge in [0.2, 0.25) is 5.13 Å². The van der Waals surface area contributed by atoms with Crippen molar-refractivity contribution in [2.24, 2.45) is 5.10 Å². The highest BCUT2D eigenvalue weighted by Crippen LogP contribution is 2.32. The zero-order valence-corrected chi connectivity index (χ0v) is 17.9. The molecule has 0 aliphatic heterocycles. The molecule has 1 amide bonds. The number of carbonyl (C=O) groups is 1. The first-order valence-corrected chi connectivity index (χ1v) is 10.7. The summed E-state index contributed by atoms with van der Waals surface area (Å²) in [6.07, 6.45) is 1.69. The molecule has 2 heterocycles. The molecule has 2 aromatic carbocycles. The van der Waals surface area contributed by atoms with Crippen LogP contribution in [0.25, 0.3) is 10.2 Å². The number of thiophene rings is 1. The number of carbonyl (C=O) groups excluding carboxylic acids is 1. The maximum absolute atomic E-state index is 13.3. The minimum Gasteiger partial charge on any atom is -0.497 e. The highest BCUT2D eigenvalue weighted by Gasteiger charge is 2.21. The van der Waals surface area contributed by atoms with Gasteiger partial charge in [-0.15, -0.1) is 11.3 Å². The lowest BCUT2D eigenvalue weighted by molar-refractivity contribution is 0.0987. The van der Waals surface area contributed by atoms with Crippen LogP contribution in [0.5, 0.6) is 5.75 Å². The standard InChI is InChI=1S/C22H19N3O2S2/c1-14-6-7-16(11-15(14)2)21(26)25(23-13-18-5-4-10-28-18)22-24-19-9-8-17(27-3)12-20(19)29-22/h4-13H,1-3H3/b23-13+. The molecule has 0 N–H and O–H groups in total. The number of benzene rings is 2. The van der Waals surface area contributed by atoms with Crippen LogP contribution in [0.4, 0.5) is 5.13 Å². The normalized spacial score (nSPS) is 11.3. The lowest BCUT2D eigenvalue weighted by Gasteiger charge is -2.14. The second kappa shape index (κ2) is 8.14. The highest BCUT2D eigenvalue weighted by atomic mass is 32.1. The first-order valence-electron chi connectivity index (χ1n) is 8.99. The fourth-order valence-electron chi connectivity index (χ4n) is 2.78. The molecule has 0 atom stereocenters. The SMILES string of the molecule is COc1ccc2nc(N(/N=C/c3cccs3)C(=O)c3ccc(C)c(C)c3)sc2c1. The summed E-state index contributed by atoms with van der Waals surface area (Å²) in [4.78, 5) is 18.9. The molecule has 5 nitrogen and oxygen atoms in total. The molecule has 4 aromatic rings. The van der Waals surface area contributed by atoms with Gasteiger partial charge in [-0.25, -0.2) is 4.98 Å². The van der Waals surface area contributed by atoms with Gasteiger partial charge >= 0.3 is 0 Å². The maximum Gasteiger partial charge on any atom is 0.280 e. The van der Waals surface area contributed by atoms with E-state index in [2.05, 4.69) is 10.1 Å². The third-order valence-electron chi connectivity index (χ3n) is 4.56. The van der Waals surface area contributed by atoms with E-state index in [-0.39, 0.29) is 5.91 Å². The molecular formula is C22H19N3O2S2. The van der Waals surface area contributed by atoms with E-state index in [1.165, 1.54) is 16.3 Å². The fourth-order valence-corrected chi connectivity index (χ4v) is 4.31. The number of anilines is 1. The van der Waals surface area contributed by atoms with Crippen LogP contribution in [-0.4, -0.2) is 24.2 Å². The number of hydrogen-bond donors (Lipinski definition) is 0. The largest absolute Gasteiger partial charge is 0.497 e. The Morgan fingerprint density at radius 3 is 2.72 bits per heavy atom. The molecule has 0 aliphatic carbocycles. The van der Waals surface area contributed by atoms with E-state index in [9.17, 15) is 4.79 Å². The summed E-state index contributed by atoms with van der Waals surface area (Å²) in [5.74, 6) is 0.536.